The first-order valence-corrected chi connectivity index (χ1v) is 15.5. The van der Waals surface area contributed by atoms with E-state index >= 15 is 0 Å². The smallest absolute Gasteiger partial charge is 0.265 e. The second-order valence-corrected chi connectivity index (χ2v) is 12.4. The number of halogens is 1. The predicted molar refractivity (Wildman–Crippen MR) is 167 cm³/mol. The van der Waals surface area contributed by atoms with E-state index in [0.717, 1.165) is 44.9 Å². The molecule has 0 amide bonds. The summed E-state index contributed by atoms with van der Waals surface area (Å²) in [4.78, 5) is 27.0. The molecule has 0 aliphatic carbocycles. The molecular weight excluding hydrogens is 583 g/mol. The highest BCUT2D eigenvalue weighted by Gasteiger charge is 2.19. The summed E-state index contributed by atoms with van der Waals surface area (Å²) >= 11 is 0. The van der Waals surface area contributed by atoms with Gasteiger partial charge in [0.15, 0.2) is 0 Å². The van der Waals surface area contributed by atoms with Crippen molar-refractivity contribution in [1.29, 1.82) is 0 Å². The minimum absolute atomic E-state index is 0.0558. The average Bonchev–Trinajstić information content (AvgIpc) is 3.03. The third kappa shape index (κ3) is 6.18. The molecule has 0 saturated carbocycles. The second kappa shape index (κ2) is 12.2. The number of nitrogens with one attached hydrogen (secondary N) is 1. The highest BCUT2D eigenvalue weighted by Crippen LogP contribution is 2.31. The number of likely N-dealkylation sites (N-methyl/N-ethyl adjacent to an activating group) is 1. The largest absolute Gasteiger partial charge is 0.480 e. The van der Waals surface area contributed by atoms with Crippen LogP contribution in [-0.2, 0) is 16.6 Å². The molecule has 10 nitrogen and oxygen atoms in total. The van der Waals surface area contributed by atoms with E-state index in [2.05, 4.69) is 31.5 Å². The zero-order valence-corrected chi connectivity index (χ0v) is 25.1. The highest BCUT2D eigenvalue weighted by atomic mass is 32.2. The lowest BCUT2D eigenvalue weighted by Crippen LogP contribution is -2.43. The minimum atomic E-state index is -4.06. The monoisotopic (exact) mass is 614 g/mol. The lowest BCUT2D eigenvalue weighted by atomic mass is 10.0. The predicted octanol–water partition coefficient (Wildman–Crippen LogP) is 4.14. The first-order chi connectivity index (χ1) is 21.2. The van der Waals surface area contributed by atoms with Gasteiger partial charge in [-0.15, -0.1) is 0 Å². The maximum Gasteiger partial charge on any atom is 0.265 e. The van der Waals surface area contributed by atoms with Crippen molar-refractivity contribution in [1.82, 2.24) is 24.3 Å². The summed E-state index contributed by atoms with van der Waals surface area (Å²) in [6.07, 6.45) is 3.06. The third-order valence-electron chi connectivity index (χ3n) is 7.72. The molecule has 1 fully saturated rings. The number of rotatable bonds is 8. The molecule has 0 atom stereocenters. The summed E-state index contributed by atoms with van der Waals surface area (Å²) in [5.74, 6) is -0.492. The van der Waals surface area contributed by atoms with Crippen LogP contribution in [0.5, 0.6) is 5.88 Å². The summed E-state index contributed by atoms with van der Waals surface area (Å²) in [5, 5.41) is 0.399. The van der Waals surface area contributed by atoms with Crippen molar-refractivity contribution in [2.24, 2.45) is 0 Å². The van der Waals surface area contributed by atoms with Crippen LogP contribution in [0.3, 0.4) is 0 Å². The third-order valence-corrected chi connectivity index (χ3v) is 9.10. The van der Waals surface area contributed by atoms with Gasteiger partial charge in [0.1, 0.15) is 17.8 Å². The molecular formula is C32H31FN6O4S. The fourth-order valence-electron chi connectivity index (χ4n) is 5.17. The van der Waals surface area contributed by atoms with Crippen molar-refractivity contribution >= 4 is 26.6 Å². The topological polar surface area (TPSA) is 110 Å². The summed E-state index contributed by atoms with van der Waals surface area (Å²) < 4.78 is 48.6. The Kier molecular flexibility index (Phi) is 8.13. The zero-order valence-electron chi connectivity index (χ0n) is 24.3. The maximum absolute atomic E-state index is 13.6. The average molecular weight is 615 g/mol. The quantitative estimate of drug-likeness (QED) is 0.278. The van der Waals surface area contributed by atoms with Gasteiger partial charge in [0.25, 0.3) is 15.6 Å². The van der Waals surface area contributed by atoms with Crippen LogP contribution in [0, 0.1) is 5.82 Å². The first kappa shape index (κ1) is 29.4. The molecule has 3 heterocycles. The van der Waals surface area contributed by atoms with Crippen LogP contribution < -0.4 is 15.0 Å². The molecule has 0 radical (unpaired) electrons. The number of anilines is 1. The molecule has 1 saturated heterocycles. The van der Waals surface area contributed by atoms with Gasteiger partial charge in [-0.2, -0.15) is 0 Å². The number of ether oxygens (including phenoxy) is 1. The highest BCUT2D eigenvalue weighted by molar-refractivity contribution is 7.92. The molecule has 0 unspecified atom stereocenters. The van der Waals surface area contributed by atoms with E-state index in [1.807, 2.05) is 24.3 Å². The second-order valence-electron chi connectivity index (χ2n) is 10.7. The van der Waals surface area contributed by atoms with Crippen LogP contribution in [0.25, 0.3) is 27.7 Å². The van der Waals surface area contributed by atoms with E-state index in [0.29, 0.717) is 27.7 Å². The van der Waals surface area contributed by atoms with Crippen molar-refractivity contribution in [3.05, 3.63) is 107 Å². The van der Waals surface area contributed by atoms with Crippen molar-refractivity contribution in [2.45, 2.75) is 11.4 Å². The van der Waals surface area contributed by atoms with Gasteiger partial charge in [0.2, 0.25) is 5.88 Å². The van der Waals surface area contributed by atoms with E-state index in [9.17, 15) is 17.6 Å². The standard InChI is InChI=1S/C32H31FN6O4S/c1-37-13-15-38(16-14-37)20-22-3-8-26(9-4-22)39-21-35-29-12-5-23(17-28(29)32(39)40)24-18-30(31(43-2)34-19-24)36-44(41,42)27-10-6-25(33)7-11-27/h3-12,17-19,21,36H,13-16,20H2,1-2H3. The molecule has 0 spiro atoms. The van der Waals surface area contributed by atoms with E-state index in [-0.39, 0.29) is 22.0 Å². The number of pyridine rings is 1. The fourth-order valence-corrected chi connectivity index (χ4v) is 6.22. The summed E-state index contributed by atoms with van der Waals surface area (Å²) in [5.41, 5.74) is 3.46. The van der Waals surface area contributed by atoms with Crippen molar-refractivity contribution in [3.63, 3.8) is 0 Å². The van der Waals surface area contributed by atoms with Crippen molar-refractivity contribution < 1.29 is 17.5 Å². The van der Waals surface area contributed by atoms with Gasteiger partial charge in [-0.05, 0) is 72.8 Å². The number of hydrogen-bond donors (Lipinski definition) is 1. The van der Waals surface area contributed by atoms with Gasteiger partial charge < -0.3 is 9.64 Å². The van der Waals surface area contributed by atoms with Crippen LogP contribution in [0.1, 0.15) is 5.56 Å². The number of fused-ring (bicyclic) bond motifs is 1. The molecule has 2 aromatic heterocycles. The lowest BCUT2D eigenvalue weighted by Gasteiger charge is -2.32. The molecule has 226 valence electrons. The zero-order chi connectivity index (χ0) is 30.8. The maximum atomic E-state index is 13.6. The van der Waals surface area contributed by atoms with E-state index in [1.54, 1.807) is 24.3 Å². The van der Waals surface area contributed by atoms with Crippen LogP contribution in [-0.4, -0.2) is 73.1 Å². The Bertz CT molecular complexity index is 1970. The van der Waals surface area contributed by atoms with Gasteiger partial charge in [-0.1, -0.05) is 18.2 Å². The summed E-state index contributed by atoms with van der Waals surface area (Å²) in [6, 6.07) is 19.2. The van der Waals surface area contributed by atoms with Gasteiger partial charge in [0.05, 0.1) is 28.6 Å². The van der Waals surface area contributed by atoms with E-state index in [4.69, 9.17) is 4.74 Å². The van der Waals surface area contributed by atoms with E-state index < -0.39 is 15.8 Å². The van der Waals surface area contributed by atoms with Crippen molar-refractivity contribution in [3.8, 4) is 22.7 Å². The Morgan fingerprint density at radius 3 is 2.34 bits per heavy atom. The first-order valence-electron chi connectivity index (χ1n) is 14.0. The van der Waals surface area contributed by atoms with Gasteiger partial charge in [-0.3, -0.25) is 19.0 Å². The fraction of sp³-hybridized carbons (Fsp3) is 0.219. The number of piperazine rings is 1. The van der Waals surface area contributed by atoms with Gasteiger partial charge in [-0.25, -0.2) is 22.8 Å². The molecule has 6 rings (SSSR count). The van der Waals surface area contributed by atoms with Crippen LogP contribution >= 0.6 is 0 Å². The number of aromatic nitrogens is 3. The Balaban J connectivity index is 1.29. The Hall–Kier alpha value is -4.65. The van der Waals surface area contributed by atoms with Crippen LogP contribution in [0.4, 0.5) is 10.1 Å². The molecule has 12 heteroatoms. The number of benzene rings is 3. The Morgan fingerprint density at radius 2 is 1.64 bits per heavy atom. The molecule has 1 aliphatic heterocycles. The molecule has 44 heavy (non-hydrogen) atoms. The number of sulfonamides is 1. The Morgan fingerprint density at radius 1 is 0.909 bits per heavy atom. The van der Waals surface area contributed by atoms with Gasteiger partial charge in [0, 0.05) is 44.5 Å². The molecule has 1 aliphatic rings. The Labute approximate surface area is 254 Å². The van der Waals surface area contributed by atoms with Crippen molar-refractivity contribution in [2.75, 3.05) is 45.1 Å². The number of hydrogen-bond acceptors (Lipinski definition) is 8. The summed E-state index contributed by atoms with van der Waals surface area (Å²) in [7, 11) is -0.546. The summed E-state index contributed by atoms with van der Waals surface area (Å²) in [6.45, 7) is 5.02. The molecule has 5 aromatic rings. The molecule has 1 N–H and O–H groups in total. The SMILES string of the molecule is COc1ncc(-c2ccc3ncn(-c4ccc(CN5CCN(C)CC5)cc4)c(=O)c3c2)cc1NS(=O)(=O)c1ccc(F)cc1. The molecule has 3 aromatic carbocycles. The number of nitrogens with zero attached hydrogens (tertiary/aromatic N) is 5. The van der Waals surface area contributed by atoms with E-state index in [1.165, 1.54) is 41.9 Å². The number of methoxy groups -OCH3 is 1. The normalized spacial score (nSPS) is 14.5. The minimum Gasteiger partial charge on any atom is -0.480 e. The lowest BCUT2D eigenvalue weighted by molar-refractivity contribution is 0.148. The van der Waals surface area contributed by atoms with Crippen LogP contribution in [0.15, 0.2) is 95.0 Å². The van der Waals surface area contributed by atoms with Crippen LogP contribution in [0.2, 0.25) is 0 Å². The van der Waals surface area contributed by atoms with Gasteiger partial charge >= 0.3 is 0 Å². The molecule has 0 bridgehead atoms.